The number of phenolic OH excluding ortho intramolecular Hbond substituents is 1. The predicted molar refractivity (Wildman–Crippen MR) is 112 cm³/mol. The third-order valence-corrected chi connectivity index (χ3v) is 7.93. The summed E-state index contributed by atoms with van der Waals surface area (Å²) in [4.78, 5) is 1.94. The molecule has 4 atom stereocenters. The molecule has 2 aliphatic rings. The molecule has 0 saturated heterocycles. The summed E-state index contributed by atoms with van der Waals surface area (Å²) >= 11 is 1.35. The molecule has 2 aliphatic carbocycles. The Hall–Kier alpha value is -2.55. The Bertz CT molecular complexity index is 1070. The maximum absolute atomic E-state index is 15.5. The number of hydrogen-bond acceptors (Lipinski definition) is 8. The number of aromatic nitrogens is 4. The number of halogens is 1. The van der Waals surface area contributed by atoms with Crippen LogP contribution < -0.4 is 4.90 Å². The van der Waals surface area contributed by atoms with Crippen molar-refractivity contribution < 1.29 is 13.9 Å². The molecule has 2 bridgehead atoms. The Kier molecular flexibility index (Phi) is 4.36. The molecule has 2 fully saturated rings. The maximum Gasteiger partial charge on any atom is 0.247 e. The van der Waals surface area contributed by atoms with Gasteiger partial charge in [0.05, 0.1) is 11.6 Å². The van der Waals surface area contributed by atoms with Gasteiger partial charge in [0.2, 0.25) is 17.4 Å². The summed E-state index contributed by atoms with van der Waals surface area (Å²) < 4.78 is 20.6. The van der Waals surface area contributed by atoms with E-state index in [1.807, 2.05) is 11.9 Å². The van der Waals surface area contributed by atoms with Gasteiger partial charge in [0, 0.05) is 18.0 Å². The fraction of sp³-hybridized carbons (Fsp3) is 0.524. The van der Waals surface area contributed by atoms with Gasteiger partial charge in [-0.2, -0.15) is 0 Å². The minimum atomic E-state index is -0.896. The van der Waals surface area contributed by atoms with E-state index in [4.69, 9.17) is 4.42 Å². The first-order valence-electron chi connectivity index (χ1n) is 10.1. The molecular weight excluding hydrogens is 405 g/mol. The third kappa shape index (κ3) is 3.07. The lowest BCUT2D eigenvalue weighted by Gasteiger charge is -2.46. The number of benzene rings is 1. The lowest BCUT2D eigenvalue weighted by molar-refractivity contribution is 0.0382. The topological polar surface area (TPSA) is 88.2 Å². The molecule has 2 heterocycles. The van der Waals surface area contributed by atoms with Gasteiger partial charge in [0.15, 0.2) is 5.01 Å². The van der Waals surface area contributed by atoms with Crippen molar-refractivity contribution in [2.45, 2.75) is 51.7 Å². The first-order valence-corrected chi connectivity index (χ1v) is 10.9. The van der Waals surface area contributed by atoms with Crippen LogP contribution in [0, 0.1) is 10.8 Å². The van der Waals surface area contributed by atoms with Gasteiger partial charge < -0.3 is 14.4 Å². The summed E-state index contributed by atoms with van der Waals surface area (Å²) in [7, 11) is 1.90. The second-order valence-corrected chi connectivity index (χ2v) is 10.2. The van der Waals surface area contributed by atoms with Gasteiger partial charge in [-0.15, -0.1) is 20.4 Å². The van der Waals surface area contributed by atoms with Gasteiger partial charge in [-0.25, -0.2) is 4.39 Å². The summed E-state index contributed by atoms with van der Waals surface area (Å²) in [5.41, 5.74) is 1.11. The van der Waals surface area contributed by atoms with Crippen LogP contribution in [-0.4, -0.2) is 44.8 Å². The minimum absolute atomic E-state index is 0.0511. The van der Waals surface area contributed by atoms with Gasteiger partial charge >= 0.3 is 0 Å². The van der Waals surface area contributed by atoms with Gasteiger partial charge in [0.1, 0.15) is 11.9 Å². The lowest BCUT2D eigenvalue weighted by Crippen LogP contribution is -2.51. The number of aromatic hydroxyl groups is 1. The number of nitrogens with zero attached hydrogens (tertiary/aromatic N) is 5. The standard InChI is InChI=1S/C21H24FN5O2S/c1-20-6-7-21(2,10-20)16(22)14(9-20)27(3)19-26-25-18(30-19)13-5-4-12(8-15(13)28)17-24-23-11-29-17/h4-5,8,11,14,16,28H,6-7,9-10H2,1-3H3/t14-,16-,20-,21-/m0/s1. The van der Waals surface area contributed by atoms with Crippen LogP contribution in [0.3, 0.4) is 0 Å². The van der Waals surface area contributed by atoms with Gasteiger partial charge in [-0.05, 0) is 49.3 Å². The van der Waals surface area contributed by atoms with Crippen molar-refractivity contribution >= 4 is 16.5 Å². The van der Waals surface area contributed by atoms with Gasteiger partial charge in [-0.3, -0.25) is 0 Å². The molecule has 0 amide bonds. The van der Waals surface area contributed by atoms with Gasteiger partial charge in [-0.1, -0.05) is 25.2 Å². The van der Waals surface area contributed by atoms with E-state index < -0.39 is 6.17 Å². The van der Waals surface area contributed by atoms with Gasteiger partial charge in [0.25, 0.3) is 0 Å². The maximum atomic E-state index is 15.5. The van der Waals surface area contributed by atoms with Crippen LogP contribution in [-0.2, 0) is 0 Å². The van der Waals surface area contributed by atoms with Crippen molar-refractivity contribution in [2.75, 3.05) is 11.9 Å². The van der Waals surface area contributed by atoms with Crippen LogP contribution in [0.5, 0.6) is 5.75 Å². The molecule has 30 heavy (non-hydrogen) atoms. The fourth-order valence-electron chi connectivity index (χ4n) is 5.31. The molecule has 9 heteroatoms. The highest BCUT2D eigenvalue weighted by Gasteiger charge is 2.56. The van der Waals surface area contributed by atoms with Crippen molar-refractivity contribution in [2.24, 2.45) is 10.8 Å². The van der Waals surface area contributed by atoms with E-state index in [-0.39, 0.29) is 22.6 Å². The Morgan fingerprint density at radius 1 is 1.23 bits per heavy atom. The zero-order chi connectivity index (χ0) is 21.1. The molecule has 158 valence electrons. The number of anilines is 1. The van der Waals surface area contributed by atoms with Crippen LogP contribution in [0.2, 0.25) is 0 Å². The average molecular weight is 430 g/mol. The second-order valence-electron chi connectivity index (χ2n) is 9.29. The van der Waals surface area contributed by atoms with Crippen LogP contribution >= 0.6 is 11.3 Å². The molecule has 7 nitrogen and oxygen atoms in total. The van der Waals surface area contributed by atoms with E-state index in [1.54, 1.807) is 18.2 Å². The summed E-state index contributed by atoms with van der Waals surface area (Å²) in [6.45, 7) is 4.36. The molecule has 0 radical (unpaired) electrons. The zero-order valence-corrected chi connectivity index (χ0v) is 18.0. The van der Waals surface area contributed by atoms with Crippen LogP contribution in [0.15, 0.2) is 29.0 Å². The van der Waals surface area contributed by atoms with Crippen molar-refractivity contribution in [3.05, 3.63) is 24.6 Å². The molecule has 5 rings (SSSR count). The van der Waals surface area contributed by atoms with E-state index in [0.29, 0.717) is 27.2 Å². The molecule has 2 saturated carbocycles. The predicted octanol–water partition coefficient (Wildman–Crippen LogP) is 4.70. The van der Waals surface area contributed by atoms with Crippen LogP contribution in [0.25, 0.3) is 22.0 Å². The SMILES string of the molecule is CN(c1nnc(-c2ccc(-c3nnco3)cc2O)s1)[C@H]1C[C@]2(C)CC[C@@](C)(C2)[C@H]1F. The first kappa shape index (κ1) is 19.4. The monoisotopic (exact) mass is 429 g/mol. The molecule has 1 aromatic carbocycles. The smallest absolute Gasteiger partial charge is 0.247 e. The molecule has 2 aromatic heterocycles. The second kappa shape index (κ2) is 6.73. The molecule has 1 N–H and O–H groups in total. The van der Waals surface area contributed by atoms with Crippen LogP contribution in [0.1, 0.15) is 39.5 Å². The molecular formula is C21H24FN5O2S. The summed E-state index contributed by atoms with van der Waals surface area (Å²) in [6.07, 6.45) is 4.13. The van der Waals surface area contributed by atoms with E-state index in [9.17, 15) is 5.11 Å². The first-order chi connectivity index (χ1) is 14.3. The Morgan fingerprint density at radius 3 is 2.80 bits per heavy atom. The minimum Gasteiger partial charge on any atom is -0.507 e. The zero-order valence-electron chi connectivity index (χ0n) is 17.2. The Labute approximate surface area is 178 Å². The molecule has 0 aliphatic heterocycles. The van der Waals surface area contributed by atoms with E-state index in [0.717, 1.165) is 25.7 Å². The van der Waals surface area contributed by atoms with Crippen LogP contribution in [0.4, 0.5) is 9.52 Å². The largest absolute Gasteiger partial charge is 0.507 e. The van der Waals surface area contributed by atoms with E-state index >= 15 is 4.39 Å². The highest BCUT2D eigenvalue weighted by molar-refractivity contribution is 7.18. The lowest BCUT2D eigenvalue weighted by atomic mass is 9.67. The van der Waals surface area contributed by atoms with E-state index in [2.05, 4.69) is 34.2 Å². The van der Waals surface area contributed by atoms with Crippen molar-refractivity contribution in [3.8, 4) is 27.8 Å². The fourth-order valence-corrected chi connectivity index (χ4v) is 6.21. The Balaban J connectivity index is 1.41. The normalized spacial score (nSPS) is 30.5. The summed E-state index contributed by atoms with van der Waals surface area (Å²) in [6, 6.07) is 4.88. The Morgan fingerprint density at radius 2 is 2.07 bits per heavy atom. The highest BCUT2D eigenvalue weighted by atomic mass is 32.1. The molecule has 0 spiro atoms. The molecule has 0 unspecified atom stereocenters. The number of hydrogen-bond donors (Lipinski definition) is 1. The highest BCUT2D eigenvalue weighted by Crippen LogP contribution is 2.60. The number of fused-ring (bicyclic) bond motifs is 2. The number of alkyl halides is 1. The van der Waals surface area contributed by atoms with Crippen molar-refractivity contribution in [1.82, 2.24) is 20.4 Å². The average Bonchev–Trinajstić information content (AvgIpc) is 3.45. The van der Waals surface area contributed by atoms with Crippen molar-refractivity contribution in [1.29, 1.82) is 0 Å². The number of phenols is 1. The van der Waals surface area contributed by atoms with E-state index in [1.165, 1.54) is 17.7 Å². The molecule has 3 aromatic rings. The summed E-state index contributed by atoms with van der Waals surface area (Å²) in [5, 5.41) is 27.8. The summed E-state index contributed by atoms with van der Waals surface area (Å²) in [5.74, 6) is 0.382. The number of rotatable bonds is 4. The quantitative estimate of drug-likeness (QED) is 0.643. The van der Waals surface area contributed by atoms with Crippen molar-refractivity contribution in [3.63, 3.8) is 0 Å². The third-order valence-electron chi connectivity index (χ3n) is 6.88.